The van der Waals surface area contributed by atoms with Crippen molar-refractivity contribution in [1.82, 2.24) is 10.3 Å². The average molecular weight is 287 g/mol. The fraction of sp³-hybridized carbons (Fsp3) is 0.200. The second kappa shape index (κ2) is 7.45. The molecule has 2 rings (SSSR count). The molecule has 0 aliphatic heterocycles. The number of nitrogens with zero attached hydrogens (tertiary/aromatic N) is 1. The second-order valence-corrected chi connectivity index (χ2v) is 4.76. The van der Waals surface area contributed by atoms with Crippen LogP contribution in [0.4, 0.5) is 5.69 Å². The van der Waals surface area contributed by atoms with Crippen LogP contribution in [-0.4, -0.2) is 21.7 Å². The molecule has 0 atom stereocenters. The molecule has 5 heteroatoms. The summed E-state index contributed by atoms with van der Waals surface area (Å²) in [6.45, 7) is 0.750. The number of para-hydroxylation sites is 1. The van der Waals surface area contributed by atoms with Crippen LogP contribution < -0.4 is 10.6 Å². The molecule has 0 spiro atoms. The Morgan fingerprint density at radius 3 is 2.80 bits per heavy atom. The number of rotatable bonds is 5. The van der Waals surface area contributed by atoms with E-state index in [9.17, 15) is 5.11 Å². The monoisotopic (exact) mass is 287 g/mol. The molecule has 0 radical (unpaired) electrons. The quantitative estimate of drug-likeness (QED) is 0.583. The van der Waals surface area contributed by atoms with Crippen LogP contribution in [0.25, 0.3) is 0 Å². The molecule has 1 aromatic carbocycles. The lowest BCUT2D eigenvalue weighted by atomic mass is 10.1. The molecule has 2 aromatic rings. The van der Waals surface area contributed by atoms with Gasteiger partial charge in [-0.2, -0.15) is 0 Å². The predicted molar refractivity (Wildman–Crippen MR) is 84.9 cm³/mol. The van der Waals surface area contributed by atoms with Crippen molar-refractivity contribution >= 4 is 23.0 Å². The number of aromatic nitrogens is 1. The number of thiocarbonyl (C=S) groups is 1. The molecule has 0 aliphatic rings. The summed E-state index contributed by atoms with van der Waals surface area (Å²) in [5, 5.41) is 16.4. The van der Waals surface area contributed by atoms with Crippen molar-refractivity contribution in [3.63, 3.8) is 0 Å². The predicted octanol–water partition coefficient (Wildman–Crippen LogP) is 2.71. The topological polar surface area (TPSA) is 57.2 Å². The molecule has 1 aromatic heterocycles. The Morgan fingerprint density at radius 1 is 1.20 bits per heavy atom. The van der Waals surface area contributed by atoms with Crippen molar-refractivity contribution in [3.05, 3.63) is 54.4 Å². The fourth-order valence-corrected chi connectivity index (χ4v) is 2.03. The normalized spacial score (nSPS) is 10.0. The zero-order valence-electron chi connectivity index (χ0n) is 11.0. The van der Waals surface area contributed by atoms with Gasteiger partial charge < -0.3 is 15.7 Å². The summed E-state index contributed by atoms with van der Waals surface area (Å²) >= 11 is 5.19. The first-order chi connectivity index (χ1) is 9.75. The van der Waals surface area contributed by atoms with Crippen molar-refractivity contribution in [2.45, 2.75) is 12.8 Å². The first-order valence-corrected chi connectivity index (χ1v) is 6.88. The number of nitrogens with one attached hydrogen (secondary N) is 2. The Kier molecular flexibility index (Phi) is 5.32. The molecule has 20 heavy (non-hydrogen) atoms. The van der Waals surface area contributed by atoms with E-state index >= 15 is 0 Å². The molecule has 3 N–H and O–H groups in total. The third-order valence-corrected chi connectivity index (χ3v) is 3.07. The Balaban J connectivity index is 1.69. The molecule has 0 bridgehead atoms. The van der Waals surface area contributed by atoms with Crippen LogP contribution in [0.5, 0.6) is 5.75 Å². The maximum Gasteiger partial charge on any atom is 0.170 e. The summed E-state index contributed by atoms with van der Waals surface area (Å²) in [7, 11) is 0. The smallest absolute Gasteiger partial charge is 0.170 e. The van der Waals surface area contributed by atoms with Crippen molar-refractivity contribution in [2.75, 3.05) is 11.9 Å². The molecule has 4 nitrogen and oxygen atoms in total. The van der Waals surface area contributed by atoms with E-state index in [4.69, 9.17) is 12.2 Å². The minimum atomic E-state index is 0.351. The molecule has 0 amide bonds. The summed E-state index contributed by atoms with van der Waals surface area (Å²) in [6.07, 6.45) is 5.14. The van der Waals surface area contributed by atoms with E-state index in [1.165, 1.54) is 0 Å². The average Bonchev–Trinajstić information content (AvgIpc) is 2.46. The van der Waals surface area contributed by atoms with Gasteiger partial charge in [0, 0.05) is 12.7 Å². The van der Waals surface area contributed by atoms with E-state index in [1.54, 1.807) is 18.5 Å². The van der Waals surface area contributed by atoms with E-state index < -0.39 is 0 Å². The van der Waals surface area contributed by atoms with Crippen molar-refractivity contribution in [3.8, 4) is 5.75 Å². The van der Waals surface area contributed by atoms with Gasteiger partial charge >= 0.3 is 0 Å². The maximum absolute atomic E-state index is 9.65. The highest BCUT2D eigenvalue weighted by Gasteiger charge is 2.00. The SMILES string of the molecule is Oc1ccccc1CCCNC(=S)Nc1cccnc1. The van der Waals surface area contributed by atoms with Crippen molar-refractivity contribution in [2.24, 2.45) is 0 Å². The number of hydrogen-bond acceptors (Lipinski definition) is 3. The highest BCUT2D eigenvalue weighted by molar-refractivity contribution is 7.80. The number of phenolic OH excluding ortho intramolecular Hbond substituents is 1. The van der Waals surface area contributed by atoms with Gasteiger partial charge in [-0.25, -0.2) is 0 Å². The highest BCUT2D eigenvalue weighted by atomic mass is 32.1. The van der Waals surface area contributed by atoms with Gasteiger partial charge in [0.15, 0.2) is 5.11 Å². The Bertz CT molecular complexity index is 560. The third-order valence-electron chi connectivity index (χ3n) is 2.82. The maximum atomic E-state index is 9.65. The van der Waals surface area contributed by atoms with Crippen molar-refractivity contribution < 1.29 is 5.11 Å². The van der Waals surface area contributed by atoms with E-state index in [2.05, 4.69) is 15.6 Å². The van der Waals surface area contributed by atoms with Crippen LogP contribution >= 0.6 is 12.2 Å². The van der Waals surface area contributed by atoms with Gasteiger partial charge in [-0.05, 0) is 48.8 Å². The summed E-state index contributed by atoms with van der Waals surface area (Å²) < 4.78 is 0. The number of hydrogen-bond donors (Lipinski definition) is 3. The molecule has 0 aliphatic carbocycles. The zero-order chi connectivity index (χ0) is 14.2. The van der Waals surface area contributed by atoms with Gasteiger partial charge in [0.05, 0.1) is 11.9 Å². The van der Waals surface area contributed by atoms with Gasteiger partial charge in [-0.15, -0.1) is 0 Å². The number of aryl methyl sites for hydroxylation is 1. The minimum Gasteiger partial charge on any atom is -0.508 e. The molecule has 0 saturated carbocycles. The van der Waals surface area contributed by atoms with E-state index in [1.807, 2.05) is 30.3 Å². The Morgan fingerprint density at radius 2 is 2.05 bits per heavy atom. The molecule has 1 heterocycles. The lowest BCUT2D eigenvalue weighted by Crippen LogP contribution is -2.29. The van der Waals surface area contributed by atoms with E-state index in [0.29, 0.717) is 10.9 Å². The number of anilines is 1. The van der Waals surface area contributed by atoms with Gasteiger partial charge in [0.25, 0.3) is 0 Å². The molecular weight excluding hydrogens is 270 g/mol. The number of aromatic hydroxyl groups is 1. The molecule has 0 unspecified atom stereocenters. The first kappa shape index (κ1) is 14.3. The summed E-state index contributed by atoms with van der Waals surface area (Å²) in [5.41, 5.74) is 1.83. The van der Waals surface area contributed by atoms with E-state index in [0.717, 1.165) is 30.6 Å². The zero-order valence-corrected chi connectivity index (χ0v) is 11.9. The largest absolute Gasteiger partial charge is 0.508 e. The van der Waals surface area contributed by atoms with Gasteiger partial charge in [0.1, 0.15) is 5.75 Å². The second-order valence-electron chi connectivity index (χ2n) is 4.35. The molecule has 0 fully saturated rings. The van der Waals surface area contributed by atoms with E-state index in [-0.39, 0.29) is 0 Å². The highest BCUT2D eigenvalue weighted by Crippen LogP contribution is 2.16. The van der Waals surface area contributed by atoms with Gasteiger partial charge in [0.2, 0.25) is 0 Å². The van der Waals surface area contributed by atoms with Crippen LogP contribution in [0.1, 0.15) is 12.0 Å². The lowest BCUT2D eigenvalue weighted by Gasteiger charge is -2.10. The van der Waals surface area contributed by atoms with Crippen LogP contribution in [0.3, 0.4) is 0 Å². The molecule has 104 valence electrons. The van der Waals surface area contributed by atoms with Crippen molar-refractivity contribution in [1.29, 1.82) is 0 Å². The number of phenols is 1. The van der Waals surface area contributed by atoms with Crippen LogP contribution in [0.2, 0.25) is 0 Å². The summed E-state index contributed by atoms with van der Waals surface area (Å²) in [6, 6.07) is 11.1. The number of pyridine rings is 1. The Labute approximate surface area is 123 Å². The molecular formula is C15H17N3OS. The van der Waals surface area contributed by atoms with Crippen LogP contribution in [0, 0.1) is 0 Å². The third kappa shape index (κ3) is 4.51. The summed E-state index contributed by atoms with van der Waals surface area (Å²) in [4.78, 5) is 4.01. The first-order valence-electron chi connectivity index (χ1n) is 6.47. The van der Waals surface area contributed by atoms with Gasteiger partial charge in [-0.1, -0.05) is 18.2 Å². The molecule has 0 saturated heterocycles. The van der Waals surface area contributed by atoms with Crippen LogP contribution in [0.15, 0.2) is 48.8 Å². The van der Waals surface area contributed by atoms with Gasteiger partial charge in [-0.3, -0.25) is 4.98 Å². The lowest BCUT2D eigenvalue weighted by molar-refractivity contribution is 0.467. The Hall–Kier alpha value is -2.14. The standard InChI is InChI=1S/C15H17N3OS/c19-14-8-2-1-5-12(14)6-3-10-17-15(20)18-13-7-4-9-16-11-13/h1-2,4-5,7-9,11,19H,3,6,10H2,(H2,17,18,20). The summed E-state index contributed by atoms with van der Waals surface area (Å²) in [5.74, 6) is 0.351. The minimum absolute atomic E-state index is 0.351. The number of benzene rings is 1. The fourth-order valence-electron chi connectivity index (χ4n) is 1.81. The van der Waals surface area contributed by atoms with Crippen LogP contribution in [-0.2, 0) is 6.42 Å².